The highest BCUT2D eigenvalue weighted by Crippen LogP contribution is 2.55. The van der Waals surface area contributed by atoms with Crippen molar-refractivity contribution < 1.29 is 14.3 Å². The quantitative estimate of drug-likeness (QED) is 0.791. The maximum Gasteiger partial charge on any atom is 0.283 e. The predicted octanol–water partition coefficient (Wildman–Crippen LogP) is 1.21. The van der Waals surface area contributed by atoms with Gasteiger partial charge in [0.1, 0.15) is 11.1 Å². The first kappa shape index (κ1) is 12.0. The maximum atomic E-state index is 11.2. The zero-order valence-corrected chi connectivity index (χ0v) is 10.1. The number of hydrogen-bond acceptors (Lipinski definition) is 4. The van der Waals surface area contributed by atoms with Crippen LogP contribution >= 0.6 is 17.1 Å². The van der Waals surface area contributed by atoms with Crippen molar-refractivity contribution >= 4 is 28.9 Å². The van der Waals surface area contributed by atoms with Gasteiger partial charge in [-0.3, -0.25) is 4.79 Å². The van der Waals surface area contributed by atoms with Crippen molar-refractivity contribution in [2.75, 3.05) is 0 Å². The average Bonchev–Trinajstić information content (AvgIpc) is 2.26. The Morgan fingerprint density at radius 1 is 1.71 bits per heavy atom. The van der Waals surface area contributed by atoms with Gasteiger partial charge in [-0.1, -0.05) is 0 Å². The van der Waals surface area contributed by atoms with E-state index in [1.807, 2.05) is 0 Å². The molecule has 0 aromatic carbocycles. The van der Waals surface area contributed by atoms with Crippen molar-refractivity contribution in [2.24, 2.45) is 0 Å². The van der Waals surface area contributed by atoms with E-state index in [1.54, 1.807) is 13.8 Å². The molecule has 0 bridgehead atoms. The minimum atomic E-state index is -3.37. The summed E-state index contributed by atoms with van der Waals surface area (Å²) in [6.07, 6.45) is 0. The summed E-state index contributed by atoms with van der Waals surface area (Å²) in [4.78, 5) is 29.3. The molecule has 1 heterocycles. The fourth-order valence-electron chi connectivity index (χ4n) is 0.959. The normalized spacial score (nSPS) is 14.3. The Balaban J connectivity index is 2.90. The molecule has 1 atom stereocenters. The van der Waals surface area contributed by atoms with Crippen molar-refractivity contribution in [1.29, 1.82) is 0 Å². The van der Waals surface area contributed by atoms with Crippen molar-refractivity contribution in [2.45, 2.75) is 19.2 Å². The lowest BCUT2D eigenvalue weighted by Gasteiger charge is -2.12. The first-order valence-electron chi connectivity index (χ1n) is 3.73. The van der Waals surface area contributed by atoms with Gasteiger partial charge in [-0.25, -0.2) is 0 Å². The van der Waals surface area contributed by atoms with Crippen LogP contribution in [0.5, 0.6) is 0 Å². The van der Waals surface area contributed by atoms with Crippen LogP contribution in [-0.2, 0) is 11.8 Å². The van der Waals surface area contributed by atoms with Gasteiger partial charge in [0, 0.05) is 6.07 Å². The molecule has 0 aliphatic rings. The Bertz CT molecular complexity index is 420. The van der Waals surface area contributed by atoms with Crippen LogP contribution in [0.3, 0.4) is 0 Å². The van der Waals surface area contributed by atoms with Gasteiger partial charge in [0.05, 0.1) is 0 Å². The molecule has 0 saturated heterocycles. The maximum absolute atomic E-state index is 11.2. The molecule has 0 spiro atoms. The molecule has 14 heavy (non-hydrogen) atoms. The third kappa shape index (κ3) is 3.25. The Kier molecular flexibility index (Phi) is 3.60. The van der Waals surface area contributed by atoms with E-state index in [0.717, 1.165) is 16.1 Å². The van der Waals surface area contributed by atoms with Gasteiger partial charge in [0.2, 0.25) is 5.69 Å². The second kappa shape index (κ2) is 4.20. The van der Waals surface area contributed by atoms with Crippen LogP contribution in [-0.4, -0.2) is 14.5 Å². The van der Waals surface area contributed by atoms with Crippen LogP contribution in [0.2, 0.25) is 0 Å². The number of aromatic nitrogens is 1. The number of hydrogen-bond donors (Lipinski definition) is 2. The van der Waals surface area contributed by atoms with Gasteiger partial charge in [-0.05, 0) is 37.0 Å². The van der Waals surface area contributed by atoms with Gasteiger partial charge >= 0.3 is 0 Å². The summed E-state index contributed by atoms with van der Waals surface area (Å²) >= 11 is 5.18. The van der Waals surface area contributed by atoms with E-state index < -0.39 is 11.1 Å². The number of rotatable bonds is 3. The first-order valence-corrected chi connectivity index (χ1v) is 7.92. The first-order chi connectivity index (χ1) is 6.29. The summed E-state index contributed by atoms with van der Waals surface area (Å²) in [5.74, 6) is 0.478. The second-order valence-corrected chi connectivity index (χ2v) is 8.96. The van der Waals surface area contributed by atoms with E-state index in [4.69, 9.17) is 14.3 Å². The molecule has 1 unspecified atom stereocenters. The molecule has 2 N–H and O–H groups in total. The lowest BCUT2D eigenvalue weighted by atomic mass is 10.5. The lowest BCUT2D eigenvalue weighted by molar-refractivity contribution is 0.252. The molecule has 1 aromatic heterocycles. The van der Waals surface area contributed by atoms with Crippen molar-refractivity contribution in [3.63, 3.8) is 0 Å². The van der Waals surface area contributed by atoms with Crippen LogP contribution in [0.25, 0.3) is 0 Å². The molecule has 0 saturated carbocycles. The summed E-state index contributed by atoms with van der Waals surface area (Å²) < 4.78 is 6.12. The van der Waals surface area contributed by atoms with Gasteiger partial charge in [-0.15, -0.1) is 0 Å². The van der Waals surface area contributed by atoms with Crippen molar-refractivity contribution in [1.82, 2.24) is 4.74 Å². The van der Waals surface area contributed by atoms with Crippen molar-refractivity contribution in [3.05, 3.63) is 22.2 Å². The van der Waals surface area contributed by atoms with E-state index in [-0.39, 0.29) is 5.56 Å². The standard InChI is InChI=1S/C6H10NO4PS2/c1-4-3-6(8)7(11-4)5(2)14-12(9,10)13/h3,5H,1-2H3,(H2,9,10,13). The van der Waals surface area contributed by atoms with Gasteiger partial charge in [0.15, 0.2) is 0 Å². The SMILES string of the molecule is Cc1cc(=O)n(C(C)SP(O)(O)=S)o1. The lowest BCUT2D eigenvalue weighted by Crippen LogP contribution is -2.15. The summed E-state index contributed by atoms with van der Waals surface area (Å²) in [5.41, 5.74) is -3.68. The fourth-order valence-corrected chi connectivity index (χ4v) is 4.16. The van der Waals surface area contributed by atoms with Crippen LogP contribution in [0.15, 0.2) is 15.4 Å². The third-order valence-corrected chi connectivity index (χ3v) is 4.69. The monoisotopic (exact) mass is 255 g/mol. The Morgan fingerprint density at radius 3 is 2.64 bits per heavy atom. The Labute approximate surface area is 89.6 Å². The fraction of sp³-hybridized carbons (Fsp3) is 0.500. The van der Waals surface area contributed by atoms with E-state index >= 15 is 0 Å². The highest BCUT2D eigenvalue weighted by molar-refractivity contribution is 8.67. The predicted molar refractivity (Wildman–Crippen MR) is 58.7 cm³/mol. The average molecular weight is 255 g/mol. The zero-order valence-electron chi connectivity index (χ0n) is 7.58. The summed E-state index contributed by atoms with van der Waals surface area (Å²) in [6.45, 7) is 3.26. The summed E-state index contributed by atoms with van der Waals surface area (Å²) in [7, 11) is 0. The Hall–Kier alpha value is -0.0700. The molecule has 1 aromatic rings. The molecule has 1 rings (SSSR count). The largest absolute Gasteiger partial charge is 0.380 e. The van der Waals surface area contributed by atoms with E-state index in [9.17, 15) is 4.79 Å². The minimum absolute atomic E-state index is 0.314. The number of nitrogens with zero attached hydrogens (tertiary/aromatic N) is 1. The molecule has 0 fully saturated rings. The van der Waals surface area contributed by atoms with E-state index in [2.05, 4.69) is 11.8 Å². The van der Waals surface area contributed by atoms with Crippen molar-refractivity contribution in [3.8, 4) is 0 Å². The summed E-state index contributed by atoms with van der Waals surface area (Å²) in [5, 5.41) is -0.517. The molecule has 0 aliphatic heterocycles. The van der Waals surface area contributed by atoms with Gasteiger partial charge in [-0.2, -0.15) is 4.74 Å². The molecule has 0 radical (unpaired) electrons. The molecule has 5 nitrogen and oxygen atoms in total. The van der Waals surface area contributed by atoms with Crippen LogP contribution in [0.4, 0.5) is 0 Å². The molecule has 0 amide bonds. The van der Waals surface area contributed by atoms with E-state index in [1.165, 1.54) is 6.07 Å². The Morgan fingerprint density at radius 2 is 2.29 bits per heavy atom. The zero-order chi connectivity index (χ0) is 10.9. The molecule has 80 valence electrons. The topological polar surface area (TPSA) is 75.6 Å². The summed E-state index contributed by atoms with van der Waals surface area (Å²) in [6, 6.07) is 1.33. The molecule has 0 aliphatic carbocycles. The molecule has 8 heteroatoms. The smallest absolute Gasteiger partial charge is 0.283 e. The minimum Gasteiger partial charge on any atom is -0.380 e. The number of aryl methyl sites for hydroxylation is 1. The van der Waals surface area contributed by atoms with Crippen LogP contribution in [0.1, 0.15) is 18.1 Å². The molecular weight excluding hydrogens is 245 g/mol. The van der Waals surface area contributed by atoms with Gasteiger partial charge in [0.25, 0.3) is 5.56 Å². The molecular formula is C6H10NO4PS2. The highest BCUT2D eigenvalue weighted by atomic mass is 32.9. The van der Waals surface area contributed by atoms with E-state index in [0.29, 0.717) is 5.76 Å². The van der Waals surface area contributed by atoms with Crippen LogP contribution in [0, 0.1) is 6.92 Å². The second-order valence-electron chi connectivity index (χ2n) is 2.71. The van der Waals surface area contributed by atoms with Gasteiger partial charge < -0.3 is 14.3 Å². The van der Waals surface area contributed by atoms with Crippen LogP contribution < -0.4 is 5.56 Å². The highest BCUT2D eigenvalue weighted by Gasteiger charge is 2.19. The third-order valence-electron chi connectivity index (χ3n) is 1.41.